The van der Waals surface area contributed by atoms with Gasteiger partial charge in [-0.05, 0) is 113 Å². The molecule has 41 heavy (non-hydrogen) atoms. The van der Waals surface area contributed by atoms with Crippen LogP contribution < -0.4 is 11.1 Å². The standard InChI is InChI=1S/C33H49BrN2O4S/c1-18(2)31(26-8-9-27(34)41-26)36-28(38)14-19(3)22-6-7-23-30-24(11-13-33(22,23)5)32(4)12-10-21(37)15-20(32)16-25(30)40-29(39)17-35/h8-9,18-20,22-25,30-31H,6-7,10-17,35H2,1-5H3,(H,36,38)/t19-,20+,22-,23+,24+,25-,30+,31-,32+,33-/m1/s1. The van der Waals surface area contributed by atoms with Crippen molar-refractivity contribution in [2.75, 3.05) is 6.54 Å². The highest BCUT2D eigenvalue weighted by Crippen LogP contribution is 2.68. The van der Waals surface area contributed by atoms with E-state index in [2.05, 4.69) is 68.0 Å². The van der Waals surface area contributed by atoms with Gasteiger partial charge in [0.2, 0.25) is 5.91 Å². The van der Waals surface area contributed by atoms with Gasteiger partial charge in [-0.3, -0.25) is 14.4 Å². The molecule has 4 aliphatic rings. The fourth-order valence-corrected chi connectivity index (χ4v) is 11.7. The van der Waals surface area contributed by atoms with Crippen molar-refractivity contribution in [3.05, 3.63) is 20.8 Å². The maximum Gasteiger partial charge on any atom is 0.319 e. The number of fused-ring (bicyclic) bond motifs is 5. The van der Waals surface area contributed by atoms with Gasteiger partial charge in [0.15, 0.2) is 0 Å². The lowest BCUT2D eigenvalue weighted by molar-refractivity contribution is -0.190. The second-order valence-corrected chi connectivity index (χ2v) is 17.0. The average molecular weight is 650 g/mol. The fraction of sp³-hybridized carbons (Fsp3) is 0.788. The summed E-state index contributed by atoms with van der Waals surface area (Å²) in [5, 5.41) is 3.36. The van der Waals surface area contributed by atoms with Gasteiger partial charge in [-0.2, -0.15) is 0 Å². The van der Waals surface area contributed by atoms with Crippen molar-refractivity contribution < 1.29 is 19.1 Å². The van der Waals surface area contributed by atoms with Crippen LogP contribution in [0.15, 0.2) is 15.9 Å². The molecule has 3 N–H and O–H groups in total. The Balaban J connectivity index is 1.33. The third kappa shape index (κ3) is 5.83. The Morgan fingerprint density at radius 2 is 1.85 bits per heavy atom. The fourth-order valence-electron chi connectivity index (χ4n) is 10.0. The zero-order chi connectivity index (χ0) is 29.7. The Hall–Kier alpha value is -1.25. The number of amides is 1. The topological polar surface area (TPSA) is 98.5 Å². The minimum Gasteiger partial charge on any atom is -0.461 e. The molecule has 0 spiro atoms. The molecule has 8 heteroatoms. The highest BCUT2D eigenvalue weighted by Gasteiger charge is 2.63. The zero-order valence-electron chi connectivity index (χ0n) is 25.4. The van der Waals surface area contributed by atoms with Crippen LogP contribution in [-0.4, -0.2) is 30.3 Å². The van der Waals surface area contributed by atoms with Gasteiger partial charge in [0.1, 0.15) is 11.9 Å². The highest BCUT2D eigenvalue weighted by molar-refractivity contribution is 9.11. The lowest BCUT2D eigenvalue weighted by Gasteiger charge is -2.62. The lowest BCUT2D eigenvalue weighted by atomic mass is 9.43. The largest absolute Gasteiger partial charge is 0.461 e. The number of ketones is 1. The number of rotatable bonds is 8. The molecule has 4 saturated carbocycles. The second kappa shape index (κ2) is 12.0. The van der Waals surface area contributed by atoms with Crippen molar-refractivity contribution in [2.24, 2.45) is 58.0 Å². The quantitative estimate of drug-likeness (QED) is 0.294. The Kier molecular flexibility index (Phi) is 9.15. The first kappa shape index (κ1) is 31.2. The molecular weight excluding hydrogens is 600 g/mol. The van der Waals surface area contributed by atoms with E-state index >= 15 is 0 Å². The molecule has 1 amide bonds. The van der Waals surface area contributed by atoms with E-state index in [1.807, 2.05) is 0 Å². The molecule has 1 aromatic heterocycles. The van der Waals surface area contributed by atoms with Crippen molar-refractivity contribution in [2.45, 2.75) is 105 Å². The number of carbonyl (C=O) groups excluding carboxylic acids is 3. The summed E-state index contributed by atoms with van der Waals surface area (Å²) < 4.78 is 7.20. The van der Waals surface area contributed by atoms with Crippen LogP contribution in [-0.2, 0) is 19.1 Å². The monoisotopic (exact) mass is 648 g/mol. The van der Waals surface area contributed by atoms with Gasteiger partial charge in [-0.25, -0.2) is 0 Å². The van der Waals surface area contributed by atoms with Gasteiger partial charge in [-0.1, -0.05) is 34.6 Å². The van der Waals surface area contributed by atoms with Crippen molar-refractivity contribution in [1.82, 2.24) is 5.32 Å². The molecule has 0 saturated heterocycles. The Bertz CT molecular complexity index is 1150. The maximum absolute atomic E-state index is 13.4. The molecular formula is C33H49BrN2O4S. The minimum absolute atomic E-state index is 0.0182. The van der Waals surface area contributed by atoms with E-state index in [-0.39, 0.29) is 53.2 Å². The van der Waals surface area contributed by atoms with Crippen LogP contribution >= 0.6 is 27.3 Å². The van der Waals surface area contributed by atoms with Gasteiger partial charge in [0, 0.05) is 30.1 Å². The molecule has 0 aliphatic heterocycles. The summed E-state index contributed by atoms with van der Waals surface area (Å²) >= 11 is 5.25. The molecule has 10 atom stereocenters. The summed E-state index contributed by atoms with van der Waals surface area (Å²) in [7, 11) is 0. The van der Waals surface area contributed by atoms with E-state index in [1.54, 1.807) is 11.3 Å². The summed E-state index contributed by atoms with van der Waals surface area (Å²) in [6.45, 7) is 11.4. The third-order valence-electron chi connectivity index (χ3n) is 12.1. The van der Waals surface area contributed by atoms with E-state index in [4.69, 9.17) is 10.5 Å². The molecule has 1 heterocycles. The molecule has 5 rings (SSSR count). The SMILES string of the molecule is CC(C)[C@@H](NC(=O)C[C@@H](C)[C@H]1CC[C@H]2[C@@H]3[C@H](OC(=O)CN)C[C@@H]4CC(=O)CC[C@]4(C)[C@H]3CC[C@]12C)c1ccc(Br)s1. The predicted molar refractivity (Wildman–Crippen MR) is 166 cm³/mol. The summed E-state index contributed by atoms with van der Waals surface area (Å²) in [6.07, 6.45) is 7.87. The molecule has 0 aromatic carbocycles. The Labute approximate surface area is 258 Å². The number of carbonyl (C=O) groups is 3. The number of halogens is 1. The highest BCUT2D eigenvalue weighted by atomic mass is 79.9. The Morgan fingerprint density at radius 1 is 1.12 bits per heavy atom. The van der Waals surface area contributed by atoms with Crippen LogP contribution in [0.25, 0.3) is 0 Å². The molecule has 0 bridgehead atoms. The number of ether oxygens (including phenoxy) is 1. The number of Topliss-reactive ketones (excluding diaryl/α,β-unsaturated/α-hetero) is 1. The number of nitrogens with two attached hydrogens (primary N) is 1. The van der Waals surface area contributed by atoms with Gasteiger partial charge in [0.25, 0.3) is 0 Å². The summed E-state index contributed by atoms with van der Waals surface area (Å²) in [5.41, 5.74) is 5.93. The molecule has 4 aliphatic carbocycles. The minimum atomic E-state index is -0.330. The normalized spacial score (nSPS) is 38.0. The van der Waals surface area contributed by atoms with E-state index in [0.717, 1.165) is 42.3 Å². The van der Waals surface area contributed by atoms with Crippen LogP contribution in [0.5, 0.6) is 0 Å². The van der Waals surface area contributed by atoms with E-state index in [1.165, 1.54) is 4.88 Å². The molecule has 4 fully saturated rings. The van der Waals surface area contributed by atoms with Crippen LogP contribution in [0.1, 0.15) is 103 Å². The molecule has 228 valence electrons. The first-order chi connectivity index (χ1) is 19.4. The Morgan fingerprint density at radius 3 is 2.51 bits per heavy atom. The molecule has 0 unspecified atom stereocenters. The van der Waals surface area contributed by atoms with Crippen molar-refractivity contribution >= 4 is 44.9 Å². The first-order valence-corrected chi connectivity index (χ1v) is 17.4. The van der Waals surface area contributed by atoms with Gasteiger partial charge in [-0.15, -0.1) is 11.3 Å². The number of esters is 1. The molecule has 1 aromatic rings. The first-order valence-electron chi connectivity index (χ1n) is 15.8. The van der Waals surface area contributed by atoms with Gasteiger partial charge < -0.3 is 15.8 Å². The smallest absolute Gasteiger partial charge is 0.319 e. The predicted octanol–water partition coefficient (Wildman–Crippen LogP) is 7.06. The van der Waals surface area contributed by atoms with Gasteiger partial charge in [0.05, 0.1) is 16.4 Å². The molecule has 6 nitrogen and oxygen atoms in total. The summed E-state index contributed by atoms with van der Waals surface area (Å²) in [6, 6.07) is 4.18. The number of nitrogens with one attached hydrogen (secondary N) is 1. The summed E-state index contributed by atoms with van der Waals surface area (Å²) in [4.78, 5) is 39.6. The van der Waals surface area contributed by atoms with E-state index in [0.29, 0.717) is 54.6 Å². The van der Waals surface area contributed by atoms with Crippen molar-refractivity contribution in [3.8, 4) is 0 Å². The number of thiophene rings is 1. The van der Waals surface area contributed by atoms with E-state index in [9.17, 15) is 14.4 Å². The average Bonchev–Trinajstić information content (AvgIpc) is 3.50. The third-order valence-corrected chi connectivity index (χ3v) is 13.8. The number of hydrogen-bond donors (Lipinski definition) is 2. The number of hydrogen-bond acceptors (Lipinski definition) is 6. The second-order valence-electron chi connectivity index (χ2n) is 14.5. The van der Waals surface area contributed by atoms with Crippen LogP contribution in [0.4, 0.5) is 0 Å². The van der Waals surface area contributed by atoms with Gasteiger partial charge >= 0.3 is 5.97 Å². The van der Waals surface area contributed by atoms with Crippen LogP contribution in [0.3, 0.4) is 0 Å². The van der Waals surface area contributed by atoms with Crippen LogP contribution in [0.2, 0.25) is 0 Å². The van der Waals surface area contributed by atoms with Crippen molar-refractivity contribution in [1.29, 1.82) is 0 Å². The lowest BCUT2D eigenvalue weighted by Crippen LogP contribution is -2.59. The van der Waals surface area contributed by atoms with Crippen LogP contribution in [0, 0.1) is 52.3 Å². The summed E-state index contributed by atoms with van der Waals surface area (Å²) in [5.74, 6) is 2.69. The molecule has 0 radical (unpaired) electrons. The van der Waals surface area contributed by atoms with Crippen molar-refractivity contribution in [3.63, 3.8) is 0 Å². The zero-order valence-corrected chi connectivity index (χ0v) is 27.8. The maximum atomic E-state index is 13.4. The van der Waals surface area contributed by atoms with E-state index < -0.39 is 0 Å².